The highest BCUT2D eigenvalue weighted by atomic mass is 79.9. The van der Waals surface area contributed by atoms with Crippen molar-refractivity contribution in [1.29, 1.82) is 0 Å². The summed E-state index contributed by atoms with van der Waals surface area (Å²) >= 11 is 3.20. The van der Waals surface area contributed by atoms with Crippen LogP contribution in [0.1, 0.15) is 17.2 Å². The maximum Gasteiger partial charge on any atom is 0.194 e. The number of halogens is 4. The lowest BCUT2D eigenvalue weighted by Gasteiger charge is -2.14. The van der Waals surface area contributed by atoms with Gasteiger partial charge in [-0.15, -0.1) is 0 Å². The van der Waals surface area contributed by atoms with Crippen molar-refractivity contribution < 1.29 is 18.3 Å². The molecule has 0 bridgehead atoms. The van der Waals surface area contributed by atoms with Crippen LogP contribution in [0.25, 0.3) is 0 Å². The van der Waals surface area contributed by atoms with Gasteiger partial charge in [0.25, 0.3) is 0 Å². The van der Waals surface area contributed by atoms with E-state index in [1.165, 1.54) is 0 Å². The van der Waals surface area contributed by atoms with Crippen molar-refractivity contribution in [3.8, 4) is 0 Å². The van der Waals surface area contributed by atoms with E-state index in [0.717, 1.165) is 12.1 Å². The van der Waals surface area contributed by atoms with E-state index in [4.69, 9.17) is 0 Å². The summed E-state index contributed by atoms with van der Waals surface area (Å²) < 4.78 is 40.0. The second-order valence-electron chi connectivity index (χ2n) is 3.69. The molecule has 1 atom stereocenters. The van der Waals surface area contributed by atoms with Crippen molar-refractivity contribution in [3.05, 3.63) is 69.4 Å². The average molecular weight is 317 g/mol. The number of aliphatic hydroxyl groups is 1. The van der Waals surface area contributed by atoms with Crippen LogP contribution in [-0.4, -0.2) is 5.11 Å². The lowest BCUT2D eigenvalue weighted by Crippen LogP contribution is -2.06. The number of benzene rings is 2. The fraction of sp³-hybridized carbons (Fsp3) is 0.0769. The highest BCUT2D eigenvalue weighted by Gasteiger charge is 2.21. The first-order chi connectivity index (χ1) is 8.52. The standard InChI is InChI=1S/C13H8BrF3O/c14-9-4-2-1-3-7(9)13(18)8-5-6-10(15)12(17)11(8)16/h1-6,13,18H. The van der Waals surface area contributed by atoms with Crippen LogP contribution >= 0.6 is 15.9 Å². The van der Waals surface area contributed by atoms with E-state index in [9.17, 15) is 18.3 Å². The molecule has 1 nitrogen and oxygen atoms in total. The van der Waals surface area contributed by atoms with Crippen molar-refractivity contribution in [3.63, 3.8) is 0 Å². The Balaban J connectivity index is 2.50. The predicted molar refractivity (Wildman–Crippen MR) is 64.5 cm³/mol. The quantitative estimate of drug-likeness (QED) is 0.832. The molecule has 18 heavy (non-hydrogen) atoms. The monoisotopic (exact) mass is 316 g/mol. The smallest absolute Gasteiger partial charge is 0.194 e. The van der Waals surface area contributed by atoms with E-state index in [-0.39, 0.29) is 5.56 Å². The Labute approximate surface area is 110 Å². The molecule has 2 aromatic carbocycles. The van der Waals surface area contributed by atoms with Gasteiger partial charge in [-0.3, -0.25) is 0 Å². The second-order valence-corrected chi connectivity index (χ2v) is 4.54. The van der Waals surface area contributed by atoms with Crippen LogP contribution < -0.4 is 0 Å². The van der Waals surface area contributed by atoms with Gasteiger partial charge in [0.2, 0.25) is 0 Å². The largest absolute Gasteiger partial charge is 0.384 e. The Bertz CT molecular complexity index is 586. The summed E-state index contributed by atoms with van der Waals surface area (Å²) in [5.74, 6) is -4.24. The normalized spacial score (nSPS) is 12.5. The van der Waals surface area contributed by atoms with Gasteiger partial charge in [0.1, 0.15) is 6.10 Å². The third kappa shape index (κ3) is 2.28. The lowest BCUT2D eigenvalue weighted by atomic mass is 10.0. The Morgan fingerprint density at radius 3 is 2.22 bits per heavy atom. The highest BCUT2D eigenvalue weighted by Crippen LogP contribution is 2.30. The summed E-state index contributed by atoms with van der Waals surface area (Å²) in [6, 6.07) is 8.42. The van der Waals surface area contributed by atoms with E-state index >= 15 is 0 Å². The van der Waals surface area contributed by atoms with E-state index in [1.807, 2.05) is 0 Å². The maximum absolute atomic E-state index is 13.5. The Hall–Kier alpha value is -1.33. The van der Waals surface area contributed by atoms with Gasteiger partial charge < -0.3 is 5.11 Å². The van der Waals surface area contributed by atoms with Crippen LogP contribution in [-0.2, 0) is 0 Å². The van der Waals surface area contributed by atoms with E-state index in [0.29, 0.717) is 10.0 Å². The molecule has 0 saturated carbocycles. The summed E-state index contributed by atoms with van der Waals surface area (Å²) in [4.78, 5) is 0. The molecular formula is C13H8BrF3O. The second kappa shape index (κ2) is 5.12. The molecule has 0 spiro atoms. The van der Waals surface area contributed by atoms with Crippen molar-refractivity contribution >= 4 is 15.9 Å². The molecule has 0 aromatic heterocycles. The van der Waals surface area contributed by atoms with Crippen molar-refractivity contribution in [1.82, 2.24) is 0 Å². The summed E-state index contributed by atoms with van der Waals surface area (Å²) in [7, 11) is 0. The van der Waals surface area contributed by atoms with Crippen LogP contribution in [0, 0.1) is 17.5 Å². The highest BCUT2D eigenvalue weighted by molar-refractivity contribution is 9.10. The third-order valence-corrected chi connectivity index (χ3v) is 3.28. The first-order valence-corrected chi connectivity index (χ1v) is 5.87. The number of rotatable bonds is 2. The summed E-state index contributed by atoms with van der Waals surface area (Å²) in [6.07, 6.45) is -1.37. The molecule has 0 heterocycles. The Kier molecular flexibility index (Phi) is 3.73. The van der Waals surface area contributed by atoms with Gasteiger partial charge in [-0.05, 0) is 17.7 Å². The molecular weight excluding hydrogens is 309 g/mol. The van der Waals surface area contributed by atoms with Crippen molar-refractivity contribution in [2.75, 3.05) is 0 Å². The fourth-order valence-electron chi connectivity index (χ4n) is 1.62. The van der Waals surface area contributed by atoms with Crippen LogP contribution in [0.3, 0.4) is 0 Å². The van der Waals surface area contributed by atoms with Gasteiger partial charge in [0, 0.05) is 10.0 Å². The van der Waals surface area contributed by atoms with Crippen LogP contribution in [0.5, 0.6) is 0 Å². The molecule has 2 aromatic rings. The SMILES string of the molecule is OC(c1ccccc1Br)c1ccc(F)c(F)c1F. The third-order valence-electron chi connectivity index (χ3n) is 2.56. The van der Waals surface area contributed by atoms with Crippen LogP contribution in [0.15, 0.2) is 40.9 Å². The summed E-state index contributed by atoms with van der Waals surface area (Å²) in [5, 5.41) is 10.0. The van der Waals surface area contributed by atoms with E-state index < -0.39 is 23.6 Å². The zero-order valence-electron chi connectivity index (χ0n) is 9.00. The molecule has 0 fully saturated rings. The van der Waals surface area contributed by atoms with Crippen molar-refractivity contribution in [2.24, 2.45) is 0 Å². The van der Waals surface area contributed by atoms with Gasteiger partial charge in [-0.1, -0.05) is 40.2 Å². The minimum Gasteiger partial charge on any atom is -0.384 e. The topological polar surface area (TPSA) is 20.2 Å². The van der Waals surface area contributed by atoms with Gasteiger partial charge in [0.15, 0.2) is 17.5 Å². The van der Waals surface area contributed by atoms with Gasteiger partial charge in [0.05, 0.1) is 0 Å². The molecule has 0 amide bonds. The van der Waals surface area contributed by atoms with Crippen molar-refractivity contribution in [2.45, 2.75) is 6.10 Å². The average Bonchev–Trinajstić information content (AvgIpc) is 2.36. The Morgan fingerprint density at radius 1 is 0.889 bits per heavy atom. The summed E-state index contributed by atoms with van der Waals surface area (Å²) in [5.41, 5.74) is 0.0724. The van der Waals surface area contributed by atoms with Gasteiger partial charge in [-0.2, -0.15) is 0 Å². The van der Waals surface area contributed by atoms with E-state index in [1.54, 1.807) is 24.3 Å². The molecule has 0 saturated heterocycles. The molecule has 0 aliphatic heterocycles. The molecule has 1 N–H and O–H groups in total. The number of hydrogen-bond donors (Lipinski definition) is 1. The summed E-state index contributed by atoms with van der Waals surface area (Å²) in [6.45, 7) is 0. The molecule has 0 aliphatic carbocycles. The molecule has 2 rings (SSSR count). The molecule has 0 aliphatic rings. The zero-order valence-corrected chi connectivity index (χ0v) is 10.6. The molecule has 0 radical (unpaired) electrons. The minimum atomic E-state index is -1.58. The molecule has 94 valence electrons. The molecule has 5 heteroatoms. The zero-order chi connectivity index (χ0) is 13.3. The fourth-order valence-corrected chi connectivity index (χ4v) is 2.12. The minimum absolute atomic E-state index is 0.305. The van der Waals surface area contributed by atoms with Crippen LogP contribution in [0.4, 0.5) is 13.2 Å². The van der Waals surface area contributed by atoms with Gasteiger partial charge >= 0.3 is 0 Å². The van der Waals surface area contributed by atoms with Crippen LogP contribution in [0.2, 0.25) is 0 Å². The van der Waals surface area contributed by atoms with Gasteiger partial charge in [-0.25, -0.2) is 13.2 Å². The molecule has 1 unspecified atom stereocenters. The van der Waals surface area contributed by atoms with E-state index in [2.05, 4.69) is 15.9 Å². The first-order valence-electron chi connectivity index (χ1n) is 5.08. The number of hydrogen-bond acceptors (Lipinski definition) is 1. The maximum atomic E-state index is 13.5. The predicted octanol–water partition coefficient (Wildman–Crippen LogP) is 3.95. The first kappa shape index (κ1) is 13.1. The number of aliphatic hydroxyl groups excluding tert-OH is 1. The Morgan fingerprint density at radius 2 is 1.56 bits per heavy atom. The lowest BCUT2D eigenvalue weighted by molar-refractivity contribution is 0.212.